The van der Waals surface area contributed by atoms with Crippen molar-refractivity contribution in [2.45, 2.75) is 13.3 Å². The summed E-state index contributed by atoms with van der Waals surface area (Å²) in [5.41, 5.74) is 0. The average Bonchev–Trinajstić information content (AvgIpc) is 2.76. The van der Waals surface area contributed by atoms with Crippen LogP contribution >= 0.6 is 11.6 Å². The molecule has 6 nitrogen and oxygen atoms in total. The quantitative estimate of drug-likeness (QED) is 0.580. The molecule has 0 saturated heterocycles. The van der Waals surface area contributed by atoms with Gasteiger partial charge in [-0.3, -0.25) is 0 Å². The van der Waals surface area contributed by atoms with Gasteiger partial charge in [0, 0.05) is 12.7 Å². The van der Waals surface area contributed by atoms with Crippen molar-refractivity contribution in [2.75, 3.05) is 19.8 Å². The Kier molecular flexibility index (Phi) is 4.11. The van der Waals surface area contributed by atoms with E-state index in [0.717, 1.165) is 13.0 Å². The Morgan fingerprint density at radius 2 is 2.24 bits per heavy atom. The van der Waals surface area contributed by atoms with Gasteiger partial charge in [0.25, 0.3) is 5.78 Å². The summed E-state index contributed by atoms with van der Waals surface area (Å²) in [5.74, 6) is 0.930. The summed E-state index contributed by atoms with van der Waals surface area (Å²) in [4.78, 5) is 7.94. The summed E-state index contributed by atoms with van der Waals surface area (Å²) in [5, 5.41) is 4.32. The molecule has 0 aromatic carbocycles. The van der Waals surface area contributed by atoms with Gasteiger partial charge < -0.3 is 9.47 Å². The van der Waals surface area contributed by atoms with Crippen LogP contribution in [0.2, 0.25) is 5.15 Å². The van der Waals surface area contributed by atoms with E-state index in [1.54, 1.807) is 6.07 Å². The van der Waals surface area contributed by atoms with E-state index >= 15 is 0 Å². The van der Waals surface area contributed by atoms with Crippen molar-refractivity contribution in [3.05, 3.63) is 17.5 Å². The van der Waals surface area contributed by atoms with Crippen LogP contribution in [0.15, 0.2) is 12.4 Å². The lowest BCUT2D eigenvalue weighted by atomic mass is 10.5. The van der Waals surface area contributed by atoms with Gasteiger partial charge in [-0.25, -0.2) is 0 Å². The first-order valence-electron chi connectivity index (χ1n) is 5.38. The topological polar surface area (TPSA) is 61.5 Å². The first-order valence-corrected chi connectivity index (χ1v) is 5.76. The van der Waals surface area contributed by atoms with E-state index < -0.39 is 0 Å². The van der Waals surface area contributed by atoms with Crippen molar-refractivity contribution in [3.63, 3.8) is 0 Å². The number of aromatic nitrogens is 4. The van der Waals surface area contributed by atoms with Gasteiger partial charge in [-0.2, -0.15) is 19.6 Å². The van der Waals surface area contributed by atoms with E-state index in [2.05, 4.69) is 22.0 Å². The minimum atomic E-state index is 0.329. The second kappa shape index (κ2) is 5.79. The molecular formula is C10H13ClN4O2. The summed E-state index contributed by atoms with van der Waals surface area (Å²) in [7, 11) is 0. The van der Waals surface area contributed by atoms with Crippen LogP contribution in [-0.4, -0.2) is 39.4 Å². The number of fused-ring (bicyclic) bond motifs is 1. The minimum absolute atomic E-state index is 0.329. The number of hydrogen-bond donors (Lipinski definition) is 0. The molecule has 0 spiro atoms. The van der Waals surface area contributed by atoms with Crippen LogP contribution in [0.25, 0.3) is 5.78 Å². The van der Waals surface area contributed by atoms with Gasteiger partial charge in [0.05, 0.1) is 6.61 Å². The molecule has 0 atom stereocenters. The Labute approximate surface area is 104 Å². The Bertz CT molecular complexity index is 488. The molecule has 0 unspecified atom stereocenters. The molecule has 0 fully saturated rings. The molecule has 0 saturated carbocycles. The van der Waals surface area contributed by atoms with Crippen LogP contribution in [0.4, 0.5) is 0 Å². The maximum absolute atomic E-state index is 5.84. The lowest BCUT2D eigenvalue weighted by molar-refractivity contribution is 0.0981. The molecule has 0 aliphatic carbocycles. The molecule has 0 aliphatic rings. The molecular weight excluding hydrogens is 244 g/mol. The van der Waals surface area contributed by atoms with Gasteiger partial charge in [-0.05, 0) is 6.42 Å². The van der Waals surface area contributed by atoms with E-state index in [0.29, 0.717) is 30.0 Å². The molecule has 0 N–H and O–H groups in total. The summed E-state index contributed by atoms with van der Waals surface area (Å²) >= 11 is 5.84. The molecule has 92 valence electrons. The summed E-state index contributed by atoms with van der Waals surface area (Å²) in [6, 6.07) is 1.60. The molecule has 2 aromatic heterocycles. The normalized spacial score (nSPS) is 10.9. The zero-order valence-electron chi connectivity index (χ0n) is 9.47. The van der Waals surface area contributed by atoms with Gasteiger partial charge in [0.2, 0.25) is 5.88 Å². The van der Waals surface area contributed by atoms with E-state index in [4.69, 9.17) is 21.1 Å². The van der Waals surface area contributed by atoms with E-state index in [-0.39, 0.29) is 0 Å². The second-order valence-electron chi connectivity index (χ2n) is 3.35. The number of ether oxygens (including phenoxy) is 2. The van der Waals surface area contributed by atoms with Crippen molar-refractivity contribution in [1.29, 1.82) is 0 Å². The zero-order chi connectivity index (χ0) is 12.1. The fourth-order valence-electron chi connectivity index (χ4n) is 1.31. The van der Waals surface area contributed by atoms with Gasteiger partial charge in [0.15, 0.2) is 0 Å². The standard InChI is InChI=1S/C10H13ClN4O2/c1-2-3-16-4-5-17-9-6-8(11)14-10-12-7-13-15(9)10/h6-7H,2-5H2,1H3. The number of rotatable bonds is 6. The largest absolute Gasteiger partial charge is 0.475 e. The first-order chi connectivity index (χ1) is 8.31. The highest BCUT2D eigenvalue weighted by Gasteiger charge is 2.07. The van der Waals surface area contributed by atoms with E-state index in [9.17, 15) is 0 Å². The second-order valence-corrected chi connectivity index (χ2v) is 3.74. The molecule has 0 amide bonds. The zero-order valence-corrected chi connectivity index (χ0v) is 10.2. The van der Waals surface area contributed by atoms with Crippen LogP contribution in [0, 0.1) is 0 Å². The lowest BCUT2D eigenvalue weighted by Gasteiger charge is -2.07. The Balaban J connectivity index is 2.00. The predicted molar refractivity (Wildman–Crippen MR) is 62.4 cm³/mol. The minimum Gasteiger partial charge on any atom is -0.475 e. The third-order valence-electron chi connectivity index (χ3n) is 2.01. The van der Waals surface area contributed by atoms with Gasteiger partial charge in [-0.15, -0.1) is 0 Å². The molecule has 0 radical (unpaired) electrons. The molecule has 7 heteroatoms. The van der Waals surface area contributed by atoms with E-state index in [1.165, 1.54) is 10.8 Å². The molecule has 2 rings (SSSR count). The third-order valence-corrected chi connectivity index (χ3v) is 2.21. The fraction of sp³-hybridized carbons (Fsp3) is 0.500. The first kappa shape index (κ1) is 12.1. The monoisotopic (exact) mass is 256 g/mol. The van der Waals surface area contributed by atoms with Crippen LogP contribution < -0.4 is 4.74 Å². The van der Waals surface area contributed by atoms with Gasteiger partial charge in [0.1, 0.15) is 18.1 Å². The molecule has 2 aromatic rings. The third kappa shape index (κ3) is 3.04. The van der Waals surface area contributed by atoms with E-state index in [1.807, 2.05) is 0 Å². The highest BCUT2D eigenvalue weighted by atomic mass is 35.5. The average molecular weight is 257 g/mol. The Morgan fingerprint density at radius 1 is 1.35 bits per heavy atom. The Hall–Kier alpha value is -1.40. The summed E-state index contributed by atoms with van der Waals surface area (Å²) in [6.45, 7) is 3.76. The lowest BCUT2D eigenvalue weighted by Crippen LogP contribution is -2.10. The van der Waals surface area contributed by atoms with Crippen molar-refractivity contribution in [2.24, 2.45) is 0 Å². The maximum Gasteiger partial charge on any atom is 0.256 e. The van der Waals surface area contributed by atoms with Crippen molar-refractivity contribution >= 4 is 17.4 Å². The molecule has 17 heavy (non-hydrogen) atoms. The highest BCUT2D eigenvalue weighted by molar-refractivity contribution is 6.29. The Morgan fingerprint density at radius 3 is 3.06 bits per heavy atom. The number of hydrogen-bond acceptors (Lipinski definition) is 5. The fourth-order valence-corrected chi connectivity index (χ4v) is 1.48. The molecule has 2 heterocycles. The summed E-state index contributed by atoms with van der Waals surface area (Å²) in [6.07, 6.45) is 2.40. The van der Waals surface area contributed by atoms with Gasteiger partial charge in [-0.1, -0.05) is 18.5 Å². The smallest absolute Gasteiger partial charge is 0.256 e. The maximum atomic E-state index is 5.84. The van der Waals surface area contributed by atoms with Crippen LogP contribution in [0.1, 0.15) is 13.3 Å². The van der Waals surface area contributed by atoms with Crippen molar-refractivity contribution in [3.8, 4) is 5.88 Å². The SMILES string of the molecule is CCCOCCOc1cc(Cl)nc2ncnn12. The molecule has 0 bridgehead atoms. The van der Waals surface area contributed by atoms with Gasteiger partial charge >= 0.3 is 0 Å². The predicted octanol–water partition coefficient (Wildman–Crippen LogP) is 1.58. The van der Waals surface area contributed by atoms with Crippen LogP contribution in [-0.2, 0) is 4.74 Å². The van der Waals surface area contributed by atoms with Crippen molar-refractivity contribution in [1.82, 2.24) is 19.6 Å². The van der Waals surface area contributed by atoms with Crippen LogP contribution in [0.3, 0.4) is 0 Å². The number of halogens is 1. The number of nitrogens with zero attached hydrogens (tertiary/aromatic N) is 4. The van der Waals surface area contributed by atoms with Crippen molar-refractivity contribution < 1.29 is 9.47 Å². The molecule has 0 aliphatic heterocycles. The highest BCUT2D eigenvalue weighted by Crippen LogP contribution is 2.16. The summed E-state index contributed by atoms with van der Waals surface area (Å²) < 4.78 is 12.3. The van der Waals surface area contributed by atoms with Crippen LogP contribution in [0.5, 0.6) is 5.88 Å².